The standard InChI is InChI=1S/C34H36.C22H24.C10H14.C2H6/c1-7-11-24(4)33-27(14-10-15-30(33)26-13-9-8-12-23(26)3)25-17-19-29-28-18-16-22(2)20-31(28)34(5,6)32(29)21-25;1-3-5-18-8-10-19(11-9-18)20-12-14-21(15-13-20)22-7-4-6-17(2)16-22;1-4-10-6-5-8(2)7-9(10)3;1-2/h8-10,12-21,24H,7,11H2,1-6H3;4,6-15,17H,3,5,16H2,1-2H3;5-7H,4H2,1-3H3;1-2H3. The van der Waals surface area contributed by atoms with Gasteiger partial charge in [-0.25, -0.2) is 0 Å². The number of rotatable bonds is 10. The topological polar surface area (TPSA) is 0 Å². The summed E-state index contributed by atoms with van der Waals surface area (Å²) in [6.07, 6.45) is 13.7. The average Bonchev–Trinajstić information content (AvgIpc) is 3.57. The lowest BCUT2D eigenvalue weighted by Crippen LogP contribution is -2.15. The van der Waals surface area contributed by atoms with E-state index >= 15 is 0 Å². The first-order chi connectivity index (χ1) is 32.8. The Balaban J connectivity index is 0.000000191. The maximum absolute atomic E-state index is 2.48. The first-order valence-corrected chi connectivity index (χ1v) is 25.9. The monoisotopic (exact) mass is 897 g/mol. The van der Waals surface area contributed by atoms with Crippen molar-refractivity contribution in [3.63, 3.8) is 0 Å². The molecule has 0 spiro atoms. The molecule has 7 aromatic rings. The van der Waals surface area contributed by atoms with E-state index in [1.165, 1.54) is 131 Å². The molecule has 7 aromatic carbocycles. The second-order valence-corrected chi connectivity index (χ2v) is 19.8. The van der Waals surface area contributed by atoms with Gasteiger partial charge in [0.2, 0.25) is 0 Å². The first-order valence-electron chi connectivity index (χ1n) is 25.9. The summed E-state index contributed by atoms with van der Waals surface area (Å²) in [6.45, 7) is 28.9. The molecule has 0 aromatic heterocycles. The quantitative estimate of drug-likeness (QED) is 0.128. The average molecular weight is 897 g/mol. The highest BCUT2D eigenvalue weighted by atomic mass is 14.4. The van der Waals surface area contributed by atoms with Gasteiger partial charge < -0.3 is 0 Å². The van der Waals surface area contributed by atoms with Gasteiger partial charge in [-0.1, -0.05) is 244 Å². The van der Waals surface area contributed by atoms with Crippen molar-refractivity contribution in [2.24, 2.45) is 5.92 Å². The summed E-state index contributed by atoms with van der Waals surface area (Å²) in [4.78, 5) is 0. The molecule has 2 unspecified atom stereocenters. The van der Waals surface area contributed by atoms with Crippen molar-refractivity contribution >= 4 is 5.57 Å². The van der Waals surface area contributed by atoms with Gasteiger partial charge in [-0.15, -0.1) is 0 Å². The molecule has 352 valence electrons. The second kappa shape index (κ2) is 23.8. The minimum absolute atomic E-state index is 0.00945. The molecule has 2 atom stereocenters. The molecule has 0 saturated heterocycles. The van der Waals surface area contributed by atoms with Crippen molar-refractivity contribution in [2.45, 2.75) is 140 Å². The van der Waals surface area contributed by atoms with Crippen LogP contribution in [0.2, 0.25) is 0 Å². The Hall–Kier alpha value is -5.98. The third kappa shape index (κ3) is 12.0. The van der Waals surface area contributed by atoms with Gasteiger partial charge in [-0.05, 0) is 166 Å². The van der Waals surface area contributed by atoms with Crippen LogP contribution in [0.1, 0.15) is 150 Å². The van der Waals surface area contributed by atoms with E-state index in [0.29, 0.717) is 11.8 Å². The van der Waals surface area contributed by atoms with Gasteiger partial charge in [0.05, 0.1) is 0 Å². The van der Waals surface area contributed by atoms with Crippen LogP contribution in [-0.4, -0.2) is 0 Å². The lowest BCUT2D eigenvalue weighted by atomic mass is 9.79. The first kappa shape index (κ1) is 51.4. The van der Waals surface area contributed by atoms with Gasteiger partial charge in [0.25, 0.3) is 0 Å². The Morgan fingerprint density at radius 1 is 0.544 bits per heavy atom. The predicted molar refractivity (Wildman–Crippen MR) is 301 cm³/mol. The number of fused-ring (bicyclic) bond motifs is 3. The summed E-state index contributed by atoms with van der Waals surface area (Å²) in [5.74, 6) is 1.14. The van der Waals surface area contributed by atoms with E-state index in [9.17, 15) is 0 Å². The van der Waals surface area contributed by atoms with Crippen LogP contribution in [0.5, 0.6) is 0 Å². The summed E-state index contributed by atoms with van der Waals surface area (Å²) in [5.41, 5.74) is 26.4. The Morgan fingerprint density at radius 2 is 1.12 bits per heavy atom. The Bertz CT molecular complexity index is 2800. The number of allylic oxidation sites excluding steroid dienone is 4. The van der Waals surface area contributed by atoms with Crippen molar-refractivity contribution in [3.05, 3.63) is 219 Å². The summed E-state index contributed by atoms with van der Waals surface area (Å²) in [5, 5.41) is 0. The van der Waals surface area contributed by atoms with Crippen LogP contribution in [0.4, 0.5) is 0 Å². The molecule has 0 radical (unpaired) electrons. The molecular weight excluding hydrogens is 817 g/mol. The smallest absolute Gasteiger partial charge is 0.0159 e. The van der Waals surface area contributed by atoms with Crippen LogP contribution in [0.25, 0.3) is 50.1 Å². The fraction of sp³-hybridized carbons (Fsp3) is 0.324. The van der Waals surface area contributed by atoms with Gasteiger partial charge >= 0.3 is 0 Å². The summed E-state index contributed by atoms with van der Waals surface area (Å²) < 4.78 is 0. The van der Waals surface area contributed by atoms with Crippen molar-refractivity contribution in [1.82, 2.24) is 0 Å². The molecule has 0 heterocycles. The molecule has 0 heteroatoms. The molecule has 68 heavy (non-hydrogen) atoms. The number of aryl methyl sites for hydroxylation is 6. The third-order valence-electron chi connectivity index (χ3n) is 14.1. The Morgan fingerprint density at radius 3 is 1.75 bits per heavy atom. The van der Waals surface area contributed by atoms with Gasteiger partial charge in [-0.3, -0.25) is 0 Å². The number of hydrogen-bond acceptors (Lipinski definition) is 0. The van der Waals surface area contributed by atoms with Gasteiger partial charge in [0.15, 0.2) is 0 Å². The van der Waals surface area contributed by atoms with E-state index in [4.69, 9.17) is 0 Å². The zero-order chi connectivity index (χ0) is 49.0. The van der Waals surface area contributed by atoms with Crippen molar-refractivity contribution in [3.8, 4) is 44.5 Å². The predicted octanol–water partition coefficient (Wildman–Crippen LogP) is 20.0. The molecular formula is C68H80. The van der Waals surface area contributed by atoms with E-state index in [0.717, 1.165) is 12.8 Å². The molecule has 0 aliphatic heterocycles. The summed E-state index contributed by atoms with van der Waals surface area (Å²) in [6, 6.07) is 54.5. The lowest BCUT2D eigenvalue weighted by Gasteiger charge is -2.24. The van der Waals surface area contributed by atoms with Crippen LogP contribution in [-0.2, 0) is 18.3 Å². The fourth-order valence-electron chi connectivity index (χ4n) is 10.4. The maximum Gasteiger partial charge on any atom is 0.0159 e. The van der Waals surface area contributed by atoms with Gasteiger partial charge in [0, 0.05) is 5.41 Å². The summed E-state index contributed by atoms with van der Waals surface area (Å²) >= 11 is 0. The molecule has 9 rings (SSSR count). The van der Waals surface area contributed by atoms with E-state index in [2.05, 4.69) is 240 Å². The second-order valence-electron chi connectivity index (χ2n) is 19.8. The van der Waals surface area contributed by atoms with E-state index in [-0.39, 0.29) is 5.41 Å². The van der Waals surface area contributed by atoms with Crippen LogP contribution in [0.3, 0.4) is 0 Å². The highest BCUT2D eigenvalue weighted by Crippen LogP contribution is 2.51. The van der Waals surface area contributed by atoms with Gasteiger partial charge in [-0.2, -0.15) is 0 Å². The minimum atomic E-state index is 0.00945. The van der Waals surface area contributed by atoms with Crippen LogP contribution in [0.15, 0.2) is 164 Å². The van der Waals surface area contributed by atoms with Crippen molar-refractivity contribution < 1.29 is 0 Å². The molecule has 0 bridgehead atoms. The lowest BCUT2D eigenvalue weighted by molar-refractivity contribution is 0.659. The number of hydrogen-bond donors (Lipinski definition) is 0. The zero-order valence-corrected chi connectivity index (χ0v) is 44.0. The minimum Gasteiger partial charge on any atom is -0.0814 e. The third-order valence-corrected chi connectivity index (χ3v) is 14.1. The molecule has 0 N–H and O–H groups in total. The van der Waals surface area contributed by atoms with E-state index in [1.807, 2.05) is 13.8 Å². The molecule has 0 fully saturated rings. The van der Waals surface area contributed by atoms with Crippen LogP contribution >= 0.6 is 0 Å². The zero-order valence-electron chi connectivity index (χ0n) is 44.0. The molecule has 0 nitrogen and oxygen atoms in total. The molecule has 0 amide bonds. The molecule has 2 aliphatic rings. The van der Waals surface area contributed by atoms with E-state index < -0.39 is 0 Å². The molecule has 2 aliphatic carbocycles. The van der Waals surface area contributed by atoms with Crippen molar-refractivity contribution in [2.75, 3.05) is 0 Å². The van der Waals surface area contributed by atoms with Crippen molar-refractivity contribution in [1.29, 1.82) is 0 Å². The SMILES string of the molecule is CC.CCCC(C)c1c(-c2ccc3c(c2)C(C)(C)c2cc(C)ccc2-3)cccc1-c1ccccc1C.CCCc1ccc(-c2ccc(C3=CC=CC(C)C3)cc2)cc1.CCc1ccc(C)cc1C. The largest absolute Gasteiger partial charge is 0.0814 e. The Labute approximate surface area is 413 Å². The summed E-state index contributed by atoms with van der Waals surface area (Å²) in [7, 11) is 0. The van der Waals surface area contributed by atoms with E-state index in [1.54, 1.807) is 0 Å². The fourth-order valence-corrected chi connectivity index (χ4v) is 10.4. The molecule has 0 saturated carbocycles. The maximum atomic E-state index is 2.48. The highest BCUT2D eigenvalue weighted by Gasteiger charge is 2.36. The number of benzene rings is 7. The normalized spacial score (nSPS) is 14.4. The highest BCUT2D eigenvalue weighted by molar-refractivity contribution is 5.86. The van der Waals surface area contributed by atoms with Crippen LogP contribution in [0, 0.1) is 33.6 Å². The Kier molecular flexibility index (Phi) is 18.0. The van der Waals surface area contributed by atoms with Crippen LogP contribution < -0.4 is 0 Å². The van der Waals surface area contributed by atoms with Gasteiger partial charge in [0.1, 0.15) is 0 Å².